The quantitative estimate of drug-likeness (QED) is 0.179. The molecule has 0 amide bonds. The van der Waals surface area contributed by atoms with Crippen LogP contribution in [0.15, 0.2) is 133 Å². The largest absolute Gasteiger partial charge is 0.335 e. The van der Waals surface area contributed by atoms with E-state index < -0.39 is 0 Å². The molecule has 2 aliphatic heterocycles. The van der Waals surface area contributed by atoms with Crippen LogP contribution in [0.3, 0.4) is 0 Å². The molecule has 274 valence electrons. The summed E-state index contributed by atoms with van der Waals surface area (Å²) in [5.74, 6) is 2.59. The zero-order valence-corrected chi connectivity index (χ0v) is 32.9. The van der Waals surface area contributed by atoms with Gasteiger partial charge in [0.2, 0.25) is 0 Å². The van der Waals surface area contributed by atoms with Gasteiger partial charge in [-0.3, -0.25) is 0 Å². The van der Waals surface area contributed by atoms with Crippen LogP contribution in [0.2, 0.25) is 0 Å². The van der Waals surface area contributed by atoms with Crippen molar-refractivity contribution >= 4 is 22.7 Å². The van der Waals surface area contributed by atoms with Crippen LogP contribution >= 0.6 is 0 Å². The molecule has 11 rings (SSSR count). The van der Waals surface area contributed by atoms with Crippen LogP contribution in [0.1, 0.15) is 100 Å². The van der Waals surface area contributed by atoms with Crippen molar-refractivity contribution in [1.29, 1.82) is 0 Å². The normalized spacial score (nSPS) is 27.2. The lowest BCUT2D eigenvalue weighted by molar-refractivity contribution is 0.237. The molecule has 6 unspecified atom stereocenters. The van der Waals surface area contributed by atoms with E-state index in [1.165, 1.54) is 117 Å². The SMILES string of the molecule is CC1CCC2(C)C(C1)c1cc(-c3ccc4c(c3)Cc3cc(-c5ccc6c(c5)C5CC(C)CCC5(C)N6c5ccccc5)ccc3-4)ccc1N2c1ccccc1. The van der Waals surface area contributed by atoms with Crippen LogP contribution in [-0.4, -0.2) is 11.1 Å². The van der Waals surface area contributed by atoms with E-state index in [1.807, 2.05) is 0 Å². The zero-order valence-electron chi connectivity index (χ0n) is 32.9. The minimum atomic E-state index is 0.112. The van der Waals surface area contributed by atoms with E-state index in [2.05, 4.69) is 171 Å². The van der Waals surface area contributed by atoms with Crippen molar-refractivity contribution in [3.05, 3.63) is 156 Å². The van der Waals surface area contributed by atoms with E-state index in [4.69, 9.17) is 0 Å². The molecule has 0 aromatic heterocycles. The summed E-state index contributed by atoms with van der Waals surface area (Å²) < 4.78 is 0. The van der Waals surface area contributed by atoms with Gasteiger partial charge in [0.05, 0.1) is 0 Å². The predicted molar refractivity (Wildman–Crippen MR) is 231 cm³/mol. The summed E-state index contributed by atoms with van der Waals surface area (Å²) in [6, 6.07) is 51.4. The molecule has 2 fully saturated rings. The Kier molecular flexibility index (Phi) is 7.39. The topological polar surface area (TPSA) is 6.48 Å². The van der Waals surface area contributed by atoms with Gasteiger partial charge in [0, 0.05) is 45.7 Å². The number of hydrogen-bond donors (Lipinski definition) is 0. The van der Waals surface area contributed by atoms with Gasteiger partial charge in [0.1, 0.15) is 0 Å². The standard InChI is InChI=1S/C53H52N2/c1-34-23-25-52(3)48(27-34)46-32-38(17-21-50(46)54(52)42-11-7-5-8-12-42)36-15-19-44-40(29-36)31-41-30-37(16-20-45(41)44)39-18-22-51-47(33-39)49-28-35(2)24-26-53(49,4)55(51)43-13-9-6-10-14-43/h5-22,29-30,32-35,48-49H,23-28,31H2,1-4H3. The van der Waals surface area contributed by atoms with E-state index in [9.17, 15) is 0 Å². The summed E-state index contributed by atoms with van der Waals surface area (Å²) in [4.78, 5) is 5.35. The molecular weight excluding hydrogens is 665 g/mol. The van der Waals surface area contributed by atoms with Gasteiger partial charge in [0.15, 0.2) is 0 Å². The maximum absolute atomic E-state index is 2.67. The molecule has 0 radical (unpaired) electrons. The summed E-state index contributed by atoms with van der Waals surface area (Å²) in [7, 11) is 0. The summed E-state index contributed by atoms with van der Waals surface area (Å²) in [5, 5.41) is 0. The highest BCUT2D eigenvalue weighted by molar-refractivity contribution is 5.85. The highest BCUT2D eigenvalue weighted by Gasteiger charge is 2.52. The van der Waals surface area contributed by atoms with Crippen LogP contribution in [0.25, 0.3) is 33.4 Å². The lowest BCUT2D eigenvalue weighted by Crippen LogP contribution is -2.46. The Labute approximate surface area is 327 Å². The van der Waals surface area contributed by atoms with Crippen molar-refractivity contribution in [2.45, 2.75) is 95.6 Å². The van der Waals surface area contributed by atoms with Gasteiger partial charge in [-0.05, 0) is 175 Å². The summed E-state index contributed by atoms with van der Waals surface area (Å²) >= 11 is 0. The molecule has 55 heavy (non-hydrogen) atoms. The molecule has 0 bridgehead atoms. The molecule has 0 saturated heterocycles. The molecule has 2 heterocycles. The molecule has 2 nitrogen and oxygen atoms in total. The Morgan fingerprint density at radius 2 is 0.873 bits per heavy atom. The van der Waals surface area contributed by atoms with Crippen molar-refractivity contribution in [3.8, 4) is 33.4 Å². The Balaban J connectivity index is 0.912. The van der Waals surface area contributed by atoms with E-state index in [-0.39, 0.29) is 11.1 Å². The first-order valence-corrected chi connectivity index (χ1v) is 21.0. The average Bonchev–Trinajstić information content (AvgIpc) is 3.80. The zero-order chi connectivity index (χ0) is 37.1. The molecular formula is C53H52N2. The third-order valence-electron chi connectivity index (χ3n) is 15.0. The molecule has 2 saturated carbocycles. The third kappa shape index (κ3) is 4.99. The number of anilines is 4. The van der Waals surface area contributed by atoms with Gasteiger partial charge in [-0.2, -0.15) is 0 Å². The summed E-state index contributed by atoms with van der Waals surface area (Å²) in [6.45, 7) is 9.95. The highest BCUT2D eigenvalue weighted by Crippen LogP contribution is 2.60. The fourth-order valence-corrected chi connectivity index (χ4v) is 12.0. The van der Waals surface area contributed by atoms with Crippen molar-refractivity contribution in [1.82, 2.24) is 0 Å². The first-order chi connectivity index (χ1) is 26.8. The lowest BCUT2D eigenvalue weighted by Gasteiger charge is -2.45. The number of benzene rings is 6. The Morgan fingerprint density at radius 3 is 1.31 bits per heavy atom. The molecule has 0 spiro atoms. The minimum absolute atomic E-state index is 0.112. The van der Waals surface area contributed by atoms with Gasteiger partial charge >= 0.3 is 0 Å². The number of fused-ring (bicyclic) bond motifs is 9. The maximum Gasteiger partial charge on any atom is 0.0492 e. The monoisotopic (exact) mass is 716 g/mol. The molecule has 6 aromatic carbocycles. The first-order valence-electron chi connectivity index (χ1n) is 21.0. The Bertz CT molecular complexity index is 2290. The molecule has 2 heteroatoms. The van der Waals surface area contributed by atoms with Crippen LogP contribution < -0.4 is 9.80 Å². The third-order valence-corrected chi connectivity index (χ3v) is 15.0. The van der Waals surface area contributed by atoms with Crippen molar-refractivity contribution in [3.63, 3.8) is 0 Å². The van der Waals surface area contributed by atoms with Gasteiger partial charge in [0.25, 0.3) is 0 Å². The Hall–Kier alpha value is -5.08. The minimum Gasteiger partial charge on any atom is -0.335 e. The lowest BCUT2D eigenvalue weighted by atomic mass is 9.69. The van der Waals surface area contributed by atoms with Crippen LogP contribution in [0.5, 0.6) is 0 Å². The summed E-state index contributed by atoms with van der Waals surface area (Å²) in [6.07, 6.45) is 8.55. The van der Waals surface area contributed by atoms with Crippen LogP contribution in [-0.2, 0) is 6.42 Å². The number of hydrogen-bond acceptors (Lipinski definition) is 2. The van der Waals surface area contributed by atoms with E-state index in [0.29, 0.717) is 11.8 Å². The average molecular weight is 717 g/mol. The van der Waals surface area contributed by atoms with Gasteiger partial charge in [-0.25, -0.2) is 0 Å². The second-order valence-corrected chi connectivity index (χ2v) is 18.4. The number of rotatable bonds is 4. The fraction of sp³-hybridized carbons (Fsp3) is 0.321. The fourth-order valence-electron chi connectivity index (χ4n) is 12.0. The van der Waals surface area contributed by atoms with Crippen LogP contribution in [0, 0.1) is 11.8 Å². The molecule has 0 N–H and O–H groups in total. The van der Waals surface area contributed by atoms with Gasteiger partial charge in [-0.15, -0.1) is 0 Å². The van der Waals surface area contributed by atoms with Gasteiger partial charge < -0.3 is 9.80 Å². The predicted octanol–water partition coefficient (Wildman–Crippen LogP) is 14.2. The van der Waals surface area contributed by atoms with Crippen molar-refractivity contribution < 1.29 is 0 Å². The molecule has 5 aliphatic rings. The second kappa shape index (κ2) is 12.2. The Morgan fingerprint density at radius 1 is 0.473 bits per heavy atom. The highest BCUT2D eigenvalue weighted by atomic mass is 15.2. The van der Waals surface area contributed by atoms with Crippen LogP contribution in [0.4, 0.5) is 22.7 Å². The maximum atomic E-state index is 2.67. The molecule has 6 atom stereocenters. The van der Waals surface area contributed by atoms with E-state index >= 15 is 0 Å². The van der Waals surface area contributed by atoms with E-state index in [1.54, 1.807) is 0 Å². The second-order valence-electron chi connectivity index (χ2n) is 18.4. The smallest absolute Gasteiger partial charge is 0.0492 e. The van der Waals surface area contributed by atoms with Gasteiger partial charge in [-0.1, -0.05) is 98.8 Å². The summed E-state index contributed by atoms with van der Waals surface area (Å²) in [5.41, 5.74) is 19.8. The van der Waals surface area contributed by atoms with E-state index in [0.717, 1.165) is 18.3 Å². The van der Waals surface area contributed by atoms with Crippen molar-refractivity contribution in [2.24, 2.45) is 11.8 Å². The molecule has 6 aromatic rings. The number of para-hydroxylation sites is 2. The first kappa shape index (κ1) is 33.3. The number of nitrogens with zero attached hydrogens (tertiary/aromatic N) is 2. The van der Waals surface area contributed by atoms with Crippen molar-refractivity contribution in [2.75, 3.05) is 9.80 Å². The molecule has 3 aliphatic carbocycles.